The van der Waals surface area contributed by atoms with E-state index < -0.39 is 28.3 Å². The molecule has 1 aromatic heterocycles. The van der Waals surface area contributed by atoms with Crippen LogP contribution in [0.25, 0.3) is 0 Å². The maximum absolute atomic E-state index is 12.8. The first-order valence-corrected chi connectivity index (χ1v) is 11.0. The minimum Gasteiger partial charge on any atom is -0.410 e. The van der Waals surface area contributed by atoms with Gasteiger partial charge in [-0.1, -0.05) is 17.8 Å². The van der Waals surface area contributed by atoms with Crippen LogP contribution in [-0.4, -0.2) is 68.1 Å². The van der Waals surface area contributed by atoms with Crippen LogP contribution in [0, 0.1) is 5.92 Å². The lowest BCUT2D eigenvalue weighted by Gasteiger charge is -2.50. The molecule has 0 aromatic carbocycles. The monoisotopic (exact) mass is 455 g/mol. The van der Waals surface area contributed by atoms with Crippen molar-refractivity contribution < 1.29 is 24.3 Å². The molecule has 3 aliphatic rings. The lowest BCUT2D eigenvalue weighted by atomic mass is 9.94. The zero-order valence-electron chi connectivity index (χ0n) is 14.9. The van der Waals surface area contributed by atoms with Crippen molar-refractivity contribution >= 4 is 63.5 Å². The molecule has 4 rings (SSSR count). The Balaban J connectivity index is 1.52. The molecule has 3 atom stereocenters. The number of nitrogen functional groups attached to an aromatic ring is 1. The summed E-state index contributed by atoms with van der Waals surface area (Å²) in [6.45, 7) is 1.13. The van der Waals surface area contributed by atoms with E-state index in [0.29, 0.717) is 19.0 Å². The van der Waals surface area contributed by atoms with Crippen molar-refractivity contribution in [1.29, 1.82) is 0 Å². The first-order valence-electron chi connectivity index (χ1n) is 8.65. The minimum atomic E-state index is -0.857. The largest absolute Gasteiger partial charge is 0.410 e. The number of aromatic nitrogens is 1. The van der Waals surface area contributed by atoms with E-state index in [-0.39, 0.29) is 28.2 Å². The zero-order chi connectivity index (χ0) is 20.7. The van der Waals surface area contributed by atoms with Crippen molar-refractivity contribution in [2.24, 2.45) is 11.1 Å². The number of nitrogens with one attached hydrogen (secondary N) is 1. The van der Waals surface area contributed by atoms with Crippen molar-refractivity contribution in [3.8, 4) is 0 Å². The third-order valence-corrected chi connectivity index (χ3v) is 7.18. The molecule has 2 fully saturated rings. The fraction of sp³-hybridized carbons (Fsp3) is 0.438. The van der Waals surface area contributed by atoms with Crippen molar-refractivity contribution in [3.05, 3.63) is 22.3 Å². The Morgan fingerprint density at radius 1 is 1.48 bits per heavy atom. The third-order valence-electron chi connectivity index (χ3n) is 4.99. The Labute approximate surface area is 178 Å². The van der Waals surface area contributed by atoms with Gasteiger partial charge in [0.15, 0.2) is 10.8 Å². The molecule has 154 valence electrons. The first kappa shape index (κ1) is 20.2. The van der Waals surface area contributed by atoms with Crippen molar-refractivity contribution in [1.82, 2.24) is 15.2 Å². The van der Waals surface area contributed by atoms with Gasteiger partial charge in [-0.15, -0.1) is 23.1 Å². The average molecular weight is 456 g/mol. The maximum atomic E-state index is 12.8. The Morgan fingerprint density at radius 3 is 2.86 bits per heavy atom. The van der Waals surface area contributed by atoms with Gasteiger partial charge in [0, 0.05) is 23.7 Å². The highest BCUT2D eigenvalue weighted by Gasteiger charge is 2.54. The number of rotatable bonds is 5. The van der Waals surface area contributed by atoms with E-state index in [1.54, 1.807) is 0 Å². The van der Waals surface area contributed by atoms with Crippen molar-refractivity contribution in [2.45, 2.75) is 17.8 Å². The van der Waals surface area contributed by atoms with Gasteiger partial charge >= 0.3 is 0 Å². The van der Waals surface area contributed by atoms with Gasteiger partial charge in [0.1, 0.15) is 17.1 Å². The van der Waals surface area contributed by atoms with Gasteiger partial charge in [-0.2, -0.15) is 0 Å². The van der Waals surface area contributed by atoms with Crippen LogP contribution in [0.15, 0.2) is 21.8 Å². The number of nitrogens with zero attached hydrogens (tertiary/aromatic N) is 3. The number of thiol groups is 1. The van der Waals surface area contributed by atoms with Gasteiger partial charge in [0.05, 0.1) is 12.3 Å². The Hall–Kier alpha value is -2.09. The van der Waals surface area contributed by atoms with Crippen LogP contribution in [0.5, 0.6) is 0 Å². The number of anilines is 1. The second kappa shape index (κ2) is 7.97. The Kier molecular flexibility index (Phi) is 5.55. The van der Waals surface area contributed by atoms with Crippen LogP contribution in [0.4, 0.5) is 5.13 Å². The van der Waals surface area contributed by atoms with Gasteiger partial charge < -0.3 is 21.0 Å². The molecule has 0 bridgehead atoms. The van der Waals surface area contributed by atoms with Crippen LogP contribution in [0.1, 0.15) is 12.1 Å². The molecule has 0 radical (unpaired) electrons. The van der Waals surface area contributed by atoms with Gasteiger partial charge in [0.2, 0.25) is 5.12 Å². The fourth-order valence-electron chi connectivity index (χ4n) is 3.58. The average Bonchev–Trinajstić information content (AvgIpc) is 3.37. The molecule has 0 spiro atoms. The van der Waals surface area contributed by atoms with Gasteiger partial charge in [-0.25, -0.2) is 4.98 Å². The summed E-state index contributed by atoms with van der Waals surface area (Å²) in [5.41, 5.74) is 6.47. The van der Waals surface area contributed by atoms with Crippen molar-refractivity contribution in [2.75, 3.05) is 24.7 Å². The van der Waals surface area contributed by atoms with Crippen LogP contribution in [0.2, 0.25) is 0 Å². The molecule has 3 aliphatic heterocycles. The maximum Gasteiger partial charge on any atom is 0.276 e. The molecule has 2 unspecified atom stereocenters. The number of β-lactam (4-membered cyclic amide) rings is 1. The molecule has 1 aromatic rings. The van der Waals surface area contributed by atoms with Crippen molar-refractivity contribution in [3.63, 3.8) is 0 Å². The third kappa shape index (κ3) is 3.52. The lowest BCUT2D eigenvalue weighted by molar-refractivity contribution is -0.146. The fourth-order valence-corrected chi connectivity index (χ4v) is 5.84. The number of ether oxygens (including phenoxy) is 1. The molecular weight excluding hydrogens is 438 g/mol. The highest BCUT2D eigenvalue weighted by Crippen LogP contribution is 2.44. The second-order valence-corrected chi connectivity index (χ2v) is 9.02. The number of carbonyl (C=O) groups is 3. The van der Waals surface area contributed by atoms with Gasteiger partial charge in [-0.05, 0) is 12.0 Å². The molecule has 4 N–H and O–H groups in total. The second-order valence-electron chi connectivity index (χ2n) is 6.62. The van der Waals surface area contributed by atoms with E-state index in [0.717, 1.165) is 23.3 Å². The number of hydrogen-bond acceptors (Lipinski definition) is 10. The topological polar surface area (TPSA) is 147 Å². The summed E-state index contributed by atoms with van der Waals surface area (Å²) in [6.07, 6.45) is 0.792. The standard InChI is InChI=1S/C16H17N5O5S3/c17-16-18-8(5-29-16)9(20-25)12(22)19-10-13(23)21-11(15(24)27)7(4-28-14(10)21)6-1-2-26-3-6/h5-6,10,14,25H,1-4H2,(H2,17,18)(H,19,22)(H,24,27)/b20-9-/t6?,10?,14-/m1/s1. The summed E-state index contributed by atoms with van der Waals surface area (Å²) >= 11 is 6.51. The number of amides is 2. The van der Waals surface area contributed by atoms with Crippen LogP contribution in [-0.2, 0) is 19.1 Å². The van der Waals surface area contributed by atoms with E-state index in [1.807, 2.05) is 0 Å². The lowest BCUT2D eigenvalue weighted by Crippen LogP contribution is -2.71. The number of thiazole rings is 1. The van der Waals surface area contributed by atoms with E-state index in [4.69, 9.17) is 10.5 Å². The SMILES string of the molecule is Nc1nc(/C(=N/O)C(=O)NC2C(=O)N3C(C(=O)S)=C(C4CCOC4)CS[C@H]23)cs1. The molecule has 2 saturated heterocycles. The number of carbonyl (C=O) groups excluding carboxylic acids is 3. The summed E-state index contributed by atoms with van der Waals surface area (Å²) in [5.74, 6) is -0.548. The highest BCUT2D eigenvalue weighted by atomic mass is 32.2. The summed E-state index contributed by atoms with van der Waals surface area (Å²) < 4.78 is 5.41. The van der Waals surface area contributed by atoms with Crippen LogP contribution >= 0.6 is 35.7 Å². The van der Waals surface area contributed by atoms with Crippen LogP contribution < -0.4 is 11.1 Å². The van der Waals surface area contributed by atoms with E-state index in [9.17, 15) is 19.6 Å². The Morgan fingerprint density at radius 2 is 2.28 bits per heavy atom. The molecule has 29 heavy (non-hydrogen) atoms. The van der Waals surface area contributed by atoms with Gasteiger partial charge in [-0.3, -0.25) is 19.3 Å². The smallest absolute Gasteiger partial charge is 0.276 e. The molecular formula is C16H17N5O5S3. The Bertz CT molecular complexity index is 939. The molecule has 2 amide bonds. The number of fused-ring (bicyclic) bond motifs is 1. The van der Waals surface area contributed by atoms with Crippen LogP contribution in [0.3, 0.4) is 0 Å². The summed E-state index contributed by atoms with van der Waals surface area (Å²) in [6, 6.07) is -0.857. The number of hydrogen-bond donors (Lipinski definition) is 4. The summed E-state index contributed by atoms with van der Waals surface area (Å²) in [5, 5.41) is 15.5. The summed E-state index contributed by atoms with van der Waals surface area (Å²) in [7, 11) is 0. The molecule has 13 heteroatoms. The first-order chi connectivity index (χ1) is 13.9. The molecule has 0 aliphatic carbocycles. The number of nitrogens with two attached hydrogens (primary N) is 1. The van der Waals surface area contributed by atoms with Gasteiger partial charge in [0.25, 0.3) is 11.8 Å². The summed E-state index contributed by atoms with van der Waals surface area (Å²) in [4.78, 5) is 42.8. The minimum absolute atomic E-state index is 0.0826. The van der Waals surface area contributed by atoms with E-state index in [2.05, 4.69) is 28.1 Å². The molecule has 0 saturated carbocycles. The van der Waals surface area contributed by atoms with E-state index >= 15 is 0 Å². The van der Waals surface area contributed by atoms with E-state index in [1.165, 1.54) is 22.0 Å². The predicted molar refractivity (Wildman–Crippen MR) is 110 cm³/mol. The predicted octanol–water partition coefficient (Wildman–Crippen LogP) is 0.0505. The quantitative estimate of drug-likeness (QED) is 0.160. The zero-order valence-corrected chi connectivity index (χ0v) is 17.4. The molecule has 4 heterocycles. The number of thioether (sulfide) groups is 1. The molecule has 10 nitrogen and oxygen atoms in total. The number of oxime groups is 1. The highest BCUT2D eigenvalue weighted by molar-refractivity contribution is 8.00. The normalized spacial score (nSPS) is 26.9.